The minimum absolute atomic E-state index is 0.524. The van der Waals surface area contributed by atoms with Crippen molar-refractivity contribution in [2.24, 2.45) is 0 Å². The Morgan fingerprint density at radius 3 is 1.44 bits per heavy atom. The normalized spacial score (nSPS) is 12.1. The van der Waals surface area contributed by atoms with E-state index in [2.05, 4.69) is 138 Å². The van der Waals surface area contributed by atoms with E-state index in [0.29, 0.717) is 17.6 Å². The van der Waals surface area contributed by atoms with Crippen molar-refractivity contribution in [2.45, 2.75) is 19.6 Å². The summed E-state index contributed by atoms with van der Waals surface area (Å²) in [5.74, 6) is 1.73. The lowest BCUT2D eigenvalue weighted by Gasteiger charge is -2.42. The number of aromatic nitrogens is 4. The van der Waals surface area contributed by atoms with E-state index in [9.17, 15) is 0 Å². The third-order valence-corrected chi connectivity index (χ3v) is 14.7. The van der Waals surface area contributed by atoms with Crippen LogP contribution in [0.2, 0.25) is 0 Å². The minimum Gasteiger partial charge on any atom is -0.454 e. The van der Waals surface area contributed by atoms with Gasteiger partial charge in [-0.25, -0.2) is 4.98 Å². The molecule has 0 aliphatic heterocycles. The molecule has 0 aliphatic carbocycles. The molecule has 270 valence electrons. The lowest BCUT2D eigenvalue weighted by Crippen LogP contribution is -2.07. The summed E-state index contributed by atoms with van der Waals surface area (Å²) in [7, 11) is -1.95. The first-order chi connectivity index (χ1) is 28.3. The molecule has 0 saturated carbocycles. The van der Waals surface area contributed by atoms with Crippen molar-refractivity contribution in [2.75, 3.05) is 0 Å². The summed E-state index contributed by atoms with van der Waals surface area (Å²) in [6.45, 7) is 0. The van der Waals surface area contributed by atoms with Crippen LogP contribution in [0.5, 0.6) is 0 Å². The summed E-state index contributed by atoms with van der Waals surface area (Å²) >= 11 is 0. The van der Waals surface area contributed by atoms with Gasteiger partial charge in [-0.15, -0.1) is 10.0 Å². The van der Waals surface area contributed by atoms with Crippen LogP contribution in [0.3, 0.4) is 0 Å². The van der Waals surface area contributed by atoms with Gasteiger partial charge >= 0.3 is 0 Å². The molecule has 0 bridgehead atoms. The summed E-state index contributed by atoms with van der Waals surface area (Å²) in [4.78, 5) is 20.6. The molecule has 57 heavy (non-hydrogen) atoms. The Labute approximate surface area is 330 Å². The lowest BCUT2D eigenvalue weighted by molar-refractivity contribution is 0.670. The zero-order valence-corrected chi connectivity index (χ0v) is 31.6. The third kappa shape index (κ3) is 5.29. The SMILES string of the molecule is c1ccc(-c2nc(-c3ccccc3)nc(-n3c4ccc(S(c5ccccc5)(c5ccccc5)c5ccccc5)cc4c4ccc5c6ccccc6oc5c43)n2)cc1. The van der Waals surface area contributed by atoms with Crippen LogP contribution in [-0.4, -0.2) is 19.5 Å². The van der Waals surface area contributed by atoms with E-state index in [1.807, 2.05) is 72.8 Å². The first kappa shape index (κ1) is 33.1. The molecule has 0 saturated heterocycles. The molecule has 0 unspecified atom stereocenters. The van der Waals surface area contributed by atoms with Gasteiger partial charge in [-0.05, 0) is 66.7 Å². The molecule has 3 heterocycles. The van der Waals surface area contributed by atoms with Gasteiger partial charge in [0.2, 0.25) is 5.95 Å². The molecule has 0 aliphatic rings. The number of fused-ring (bicyclic) bond motifs is 7. The van der Waals surface area contributed by atoms with Gasteiger partial charge in [-0.2, -0.15) is 9.97 Å². The third-order valence-electron chi connectivity index (χ3n) is 10.8. The van der Waals surface area contributed by atoms with Crippen LogP contribution < -0.4 is 0 Å². The van der Waals surface area contributed by atoms with E-state index in [4.69, 9.17) is 19.4 Å². The number of hydrogen-bond acceptors (Lipinski definition) is 4. The molecular formula is C51H34N4OS. The molecule has 3 aromatic heterocycles. The van der Waals surface area contributed by atoms with Crippen LogP contribution in [-0.2, 0) is 0 Å². The quantitative estimate of drug-likeness (QED) is 0.163. The van der Waals surface area contributed by atoms with E-state index in [-0.39, 0.29) is 0 Å². The van der Waals surface area contributed by atoms with E-state index >= 15 is 0 Å². The zero-order chi connectivity index (χ0) is 37.8. The summed E-state index contributed by atoms with van der Waals surface area (Å²) < 4.78 is 8.99. The molecule has 0 spiro atoms. The molecule has 6 heteroatoms. The van der Waals surface area contributed by atoms with E-state index < -0.39 is 10.0 Å². The second-order valence-electron chi connectivity index (χ2n) is 14.0. The molecule has 0 amide bonds. The fourth-order valence-corrected chi connectivity index (χ4v) is 12.1. The summed E-state index contributed by atoms with van der Waals surface area (Å²) in [6, 6.07) is 72.8. The van der Waals surface area contributed by atoms with Crippen molar-refractivity contribution < 1.29 is 4.42 Å². The maximum Gasteiger partial charge on any atom is 0.238 e. The van der Waals surface area contributed by atoms with Crippen molar-refractivity contribution in [1.29, 1.82) is 0 Å². The fourth-order valence-electron chi connectivity index (χ4n) is 8.25. The van der Waals surface area contributed by atoms with Gasteiger partial charge < -0.3 is 4.42 Å². The van der Waals surface area contributed by atoms with Crippen LogP contribution in [0.1, 0.15) is 0 Å². The molecule has 0 fully saturated rings. The predicted octanol–water partition coefficient (Wildman–Crippen LogP) is 13.5. The van der Waals surface area contributed by atoms with Gasteiger partial charge in [0.1, 0.15) is 11.1 Å². The Hall–Kier alpha value is -7.28. The van der Waals surface area contributed by atoms with Crippen molar-refractivity contribution in [1.82, 2.24) is 19.5 Å². The highest BCUT2D eigenvalue weighted by molar-refractivity contribution is 8.34. The highest BCUT2D eigenvalue weighted by atomic mass is 32.3. The van der Waals surface area contributed by atoms with Crippen LogP contribution in [0, 0.1) is 0 Å². The fraction of sp³-hybridized carbons (Fsp3) is 0. The van der Waals surface area contributed by atoms with Crippen molar-refractivity contribution in [3.8, 4) is 28.7 Å². The van der Waals surface area contributed by atoms with Crippen molar-refractivity contribution in [3.63, 3.8) is 0 Å². The lowest BCUT2D eigenvalue weighted by atomic mass is 10.1. The smallest absolute Gasteiger partial charge is 0.238 e. The molecule has 11 rings (SSSR count). The topological polar surface area (TPSA) is 56.7 Å². The summed E-state index contributed by atoms with van der Waals surface area (Å²) in [5.41, 5.74) is 5.36. The van der Waals surface area contributed by atoms with E-state index in [0.717, 1.165) is 54.9 Å². The summed E-state index contributed by atoms with van der Waals surface area (Å²) in [6.07, 6.45) is 0. The molecule has 5 nitrogen and oxygen atoms in total. The van der Waals surface area contributed by atoms with Crippen LogP contribution in [0.4, 0.5) is 0 Å². The molecular weight excluding hydrogens is 717 g/mol. The molecule has 0 radical (unpaired) electrons. The highest BCUT2D eigenvalue weighted by Gasteiger charge is 2.34. The molecule has 11 aromatic rings. The van der Waals surface area contributed by atoms with Crippen LogP contribution in [0.25, 0.3) is 72.5 Å². The number of furan rings is 1. The number of hydrogen-bond donors (Lipinski definition) is 0. The van der Waals surface area contributed by atoms with Crippen molar-refractivity contribution in [3.05, 3.63) is 206 Å². The second-order valence-corrected chi connectivity index (χ2v) is 17.1. The van der Waals surface area contributed by atoms with Gasteiger partial charge in [-0.3, -0.25) is 4.57 Å². The number of nitrogens with zero attached hydrogens (tertiary/aromatic N) is 4. The average Bonchev–Trinajstić information content (AvgIpc) is 3.84. The van der Waals surface area contributed by atoms with Crippen LogP contribution in [0.15, 0.2) is 230 Å². The highest BCUT2D eigenvalue weighted by Crippen LogP contribution is 2.73. The van der Waals surface area contributed by atoms with Gasteiger partial charge in [0.25, 0.3) is 0 Å². The van der Waals surface area contributed by atoms with Gasteiger partial charge in [0.05, 0.1) is 5.52 Å². The second kappa shape index (κ2) is 13.5. The minimum atomic E-state index is -1.95. The maximum absolute atomic E-state index is 6.81. The van der Waals surface area contributed by atoms with Crippen LogP contribution >= 0.6 is 10.0 Å². The maximum atomic E-state index is 6.81. The van der Waals surface area contributed by atoms with E-state index in [1.54, 1.807) is 0 Å². The van der Waals surface area contributed by atoms with Crippen molar-refractivity contribution >= 4 is 53.8 Å². The first-order valence-electron chi connectivity index (χ1n) is 19.0. The van der Waals surface area contributed by atoms with E-state index in [1.165, 1.54) is 19.6 Å². The number of para-hydroxylation sites is 1. The zero-order valence-electron chi connectivity index (χ0n) is 30.7. The Morgan fingerprint density at radius 2 is 0.877 bits per heavy atom. The van der Waals surface area contributed by atoms with Gasteiger partial charge in [0, 0.05) is 52.3 Å². The van der Waals surface area contributed by atoms with Gasteiger partial charge in [-0.1, -0.05) is 140 Å². The molecule has 0 N–H and O–H groups in total. The standard InChI is InChI=1S/C51H34N4OS/c1-6-18-35(19-7-1)49-52-50(36-20-8-2-9-21-36)54-51(53-49)55-45-33-30-40(34-44(45)42-31-32-43-41-28-16-17-29-46(41)56-48(43)47(42)55)57(37-22-10-3-11-23-37,38-24-12-4-13-25-38)39-26-14-5-15-27-39/h1-34H. The number of benzene rings is 8. The monoisotopic (exact) mass is 750 g/mol. The Morgan fingerprint density at radius 1 is 0.386 bits per heavy atom. The summed E-state index contributed by atoms with van der Waals surface area (Å²) in [5, 5.41) is 4.26. The molecule has 8 aromatic carbocycles. The first-order valence-corrected chi connectivity index (χ1v) is 20.6. The largest absolute Gasteiger partial charge is 0.454 e. The predicted molar refractivity (Wildman–Crippen MR) is 232 cm³/mol. The Bertz CT molecular complexity index is 3070. The average molecular weight is 751 g/mol. The Kier molecular flexibility index (Phi) is 7.83. The van der Waals surface area contributed by atoms with Gasteiger partial charge in [0.15, 0.2) is 17.2 Å². The molecule has 0 atom stereocenters. The number of rotatable bonds is 7. The Balaban J connectivity index is 1.28.